The predicted molar refractivity (Wildman–Crippen MR) is 158 cm³/mol. The van der Waals surface area contributed by atoms with E-state index in [-0.39, 0.29) is 22.8 Å². The molecule has 4 aromatic rings. The molecule has 0 bridgehead atoms. The summed E-state index contributed by atoms with van der Waals surface area (Å²) in [6.45, 7) is 3.37. The Morgan fingerprint density at radius 3 is 2.17 bits per heavy atom. The molecule has 0 aliphatic heterocycles. The van der Waals surface area contributed by atoms with E-state index < -0.39 is 21.7 Å². The van der Waals surface area contributed by atoms with Gasteiger partial charge in [0.25, 0.3) is 0 Å². The lowest BCUT2D eigenvalue weighted by Crippen LogP contribution is -2.46. The van der Waals surface area contributed by atoms with Crippen LogP contribution in [0.3, 0.4) is 0 Å². The molecule has 1 aliphatic rings. The fourth-order valence-electron chi connectivity index (χ4n) is 5.71. The van der Waals surface area contributed by atoms with Crippen molar-refractivity contribution in [2.45, 2.75) is 62.1 Å². The molecule has 40 heavy (non-hydrogen) atoms. The number of amides is 1. The molecular weight excluding hydrogens is 522 g/mol. The van der Waals surface area contributed by atoms with Crippen molar-refractivity contribution in [2.75, 3.05) is 0 Å². The molecule has 0 spiro atoms. The SMILES string of the molecule is Cn1c(-c2ccccc2)cc2cc(S(=O)(=O)NC3CCC(C(=O)NC(c4ccccc4)C(C)(C)O)CC3)ccc21. The second kappa shape index (κ2) is 11.2. The Bertz CT molecular complexity index is 1580. The lowest BCUT2D eigenvalue weighted by atomic mass is 9.84. The third kappa shape index (κ3) is 5.99. The number of aliphatic hydroxyl groups is 1. The van der Waals surface area contributed by atoms with Crippen molar-refractivity contribution in [3.05, 3.63) is 90.5 Å². The normalized spacial score (nSPS) is 18.9. The van der Waals surface area contributed by atoms with Crippen LogP contribution in [-0.4, -0.2) is 35.6 Å². The lowest BCUT2D eigenvalue weighted by molar-refractivity contribution is -0.128. The Morgan fingerprint density at radius 1 is 0.925 bits per heavy atom. The minimum Gasteiger partial charge on any atom is -0.388 e. The molecule has 1 aliphatic carbocycles. The Hall–Kier alpha value is -3.46. The first-order chi connectivity index (χ1) is 19.0. The van der Waals surface area contributed by atoms with Crippen LogP contribution in [0.4, 0.5) is 0 Å². The van der Waals surface area contributed by atoms with Gasteiger partial charge in [0, 0.05) is 35.6 Å². The first kappa shape index (κ1) is 28.1. The second-order valence-corrected chi connectivity index (χ2v) is 13.1. The third-order valence-electron chi connectivity index (χ3n) is 7.94. The number of benzene rings is 3. The Balaban J connectivity index is 1.23. The van der Waals surface area contributed by atoms with Gasteiger partial charge < -0.3 is 15.0 Å². The molecule has 1 saturated carbocycles. The molecule has 0 radical (unpaired) electrons. The summed E-state index contributed by atoms with van der Waals surface area (Å²) in [7, 11) is -1.74. The van der Waals surface area contributed by atoms with Crippen LogP contribution in [-0.2, 0) is 21.9 Å². The molecule has 1 unspecified atom stereocenters. The average Bonchev–Trinajstić information content (AvgIpc) is 3.28. The Kier molecular flexibility index (Phi) is 7.86. The van der Waals surface area contributed by atoms with Gasteiger partial charge in [-0.15, -0.1) is 0 Å². The van der Waals surface area contributed by atoms with Crippen molar-refractivity contribution in [1.29, 1.82) is 0 Å². The van der Waals surface area contributed by atoms with Crippen LogP contribution in [0.25, 0.3) is 22.2 Å². The molecule has 1 aromatic heterocycles. The third-order valence-corrected chi connectivity index (χ3v) is 9.46. The number of aryl methyl sites for hydroxylation is 1. The van der Waals surface area contributed by atoms with Gasteiger partial charge in [0.1, 0.15) is 0 Å². The summed E-state index contributed by atoms with van der Waals surface area (Å²) in [6, 6.07) is 25.9. The molecule has 1 heterocycles. The number of aromatic nitrogens is 1. The highest BCUT2D eigenvalue weighted by molar-refractivity contribution is 7.89. The fraction of sp³-hybridized carbons (Fsp3) is 0.344. The van der Waals surface area contributed by atoms with Gasteiger partial charge in [-0.05, 0) is 74.9 Å². The van der Waals surface area contributed by atoms with Crippen molar-refractivity contribution in [1.82, 2.24) is 14.6 Å². The van der Waals surface area contributed by atoms with Gasteiger partial charge in [0.15, 0.2) is 0 Å². The summed E-state index contributed by atoms with van der Waals surface area (Å²) < 4.78 is 31.6. The summed E-state index contributed by atoms with van der Waals surface area (Å²) in [4.78, 5) is 13.4. The highest BCUT2D eigenvalue weighted by Gasteiger charge is 2.34. The number of nitrogens with zero attached hydrogens (tertiary/aromatic N) is 1. The predicted octanol–water partition coefficient (Wildman–Crippen LogP) is 5.31. The van der Waals surface area contributed by atoms with Crippen molar-refractivity contribution in [3.8, 4) is 11.3 Å². The largest absolute Gasteiger partial charge is 0.388 e. The van der Waals surface area contributed by atoms with Crippen LogP contribution in [0.1, 0.15) is 51.1 Å². The molecular formula is C32H37N3O4S. The quantitative estimate of drug-likeness (QED) is 0.272. The standard InChI is InChI=1S/C32H37N3O4S/c1-32(2,37)30(23-12-8-5-9-13-23)33-31(36)24-14-16-26(17-15-24)34-40(38,39)27-18-19-28-25(20-27)21-29(35(28)3)22-10-6-4-7-11-22/h4-13,18-21,24,26,30,34,37H,14-17H2,1-3H3,(H,33,36). The molecule has 1 atom stereocenters. The van der Waals surface area contributed by atoms with Crippen molar-refractivity contribution in [3.63, 3.8) is 0 Å². The van der Waals surface area contributed by atoms with E-state index in [4.69, 9.17) is 0 Å². The molecule has 3 N–H and O–H groups in total. The lowest BCUT2D eigenvalue weighted by Gasteiger charge is -2.34. The first-order valence-corrected chi connectivity index (χ1v) is 15.3. The zero-order valence-corrected chi connectivity index (χ0v) is 24.0. The van der Waals surface area contributed by atoms with Crippen LogP contribution in [0.15, 0.2) is 89.8 Å². The number of carbonyl (C=O) groups is 1. The van der Waals surface area contributed by atoms with E-state index in [1.54, 1.807) is 26.0 Å². The first-order valence-electron chi connectivity index (χ1n) is 13.8. The molecule has 3 aromatic carbocycles. The van der Waals surface area contributed by atoms with E-state index in [1.165, 1.54) is 0 Å². The maximum Gasteiger partial charge on any atom is 0.240 e. The smallest absolute Gasteiger partial charge is 0.240 e. The number of fused-ring (bicyclic) bond motifs is 1. The zero-order chi connectivity index (χ0) is 28.5. The Morgan fingerprint density at radius 2 is 1.55 bits per heavy atom. The maximum atomic E-state index is 13.3. The van der Waals surface area contributed by atoms with E-state index in [2.05, 4.69) is 14.6 Å². The topological polar surface area (TPSA) is 100 Å². The van der Waals surface area contributed by atoms with Gasteiger partial charge in [-0.2, -0.15) is 0 Å². The number of rotatable bonds is 8. The molecule has 7 nitrogen and oxygen atoms in total. The number of carbonyl (C=O) groups excluding carboxylic acids is 1. The minimum atomic E-state index is -3.72. The zero-order valence-electron chi connectivity index (χ0n) is 23.2. The summed E-state index contributed by atoms with van der Waals surface area (Å²) in [5, 5.41) is 14.6. The van der Waals surface area contributed by atoms with E-state index >= 15 is 0 Å². The van der Waals surface area contributed by atoms with Crippen LogP contribution in [0.2, 0.25) is 0 Å². The fourth-order valence-corrected chi connectivity index (χ4v) is 7.05. The maximum absolute atomic E-state index is 13.3. The van der Waals surface area contributed by atoms with Crippen LogP contribution in [0.5, 0.6) is 0 Å². The van der Waals surface area contributed by atoms with Gasteiger partial charge in [-0.1, -0.05) is 60.7 Å². The van der Waals surface area contributed by atoms with Gasteiger partial charge in [-0.3, -0.25) is 4.79 Å². The van der Waals surface area contributed by atoms with Crippen molar-refractivity contribution < 1.29 is 18.3 Å². The molecule has 0 saturated heterocycles. The molecule has 1 fully saturated rings. The monoisotopic (exact) mass is 559 g/mol. The highest BCUT2D eigenvalue weighted by atomic mass is 32.2. The molecule has 5 rings (SSSR count). The summed E-state index contributed by atoms with van der Waals surface area (Å²) >= 11 is 0. The van der Waals surface area contributed by atoms with Crippen LogP contribution < -0.4 is 10.0 Å². The van der Waals surface area contributed by atoms with E-state index in [9.17, 15) is 18.3 Å². The minimum absolute atomic E-state index is 0.110. The van der Waals surface area contributed by atoms with Crippen LogP contribution >= 0.6 is 0 Å². The number of nitrogens with one attached hydrogen (secondary N) is 2. The molecule has 210 valence electrons. The average molecular weight is 560 g/mol. The second-order valence-electron chi connectivity index (χ2n) is 11.4. The van der Waals surface area contributed by atoms with Gasteiger partial charge in [0.2, 0.25) is 15.9 Å². The highest BCUT2D eigenvalue weighted by Crippen LogP contribution is 2.31. The van der Waals surface area contributed by atoms with Gasteiger partial charge in [0.05, 0.1) is 16.5 Å². The summed E-state index contributed by atoms with van der Waals surface area (Å²) in [5.74, 6) is -0.340. The van der Waals surface area contributed by atoms with Gasteiger partial charge >= 0.3 is 0 Å². The number of sulfonamides is 1. The molecule has 8 heteroatoms. The summed E-state index contributed by atoms with van der Waals surface area (Å²) in [6.07, 6.45) is 2.29. The van der Waals surface area contributed by atoms with E-state index in [0.717, 1.165) is 27.7 Å². The summed E-state index contributed by atoms with van der Waals surface area (Å²) in [5.41, 5.74) is 2.77. The van der Waals surface area contributed by atoms with Crippen LogP contribution in [0, 0.1) is 5.92 Å². The van der Waals surface area contributed by atoms with E-state index in [0.29, 0.717) is 25.7 Å². The number of hydrogen-bond donors (Lipinski definition) is 3. The Labute approximate surface area is 236 Å². The van der Waals surface area contributed by atoms with Gasteiger partial charge in [-0.25, -0.2) is 13.1 Å². The van der Waals surface area contributed by atoms with Crippen molar-refractivity contribution in [2.24, 2.45) is 13.0 Å². The van der Waals surface area contributed by atoms with Crippen molar-refractivity contribution >= 4 is 26.8 Å². The molecule has 1 amide bonds. The number of hydrogen-bond acceptors (Lipinski definition) is 4. The van der Waals surface area contributed by atoms with E-state index in [1.807, 2.05) is 79.8 Å².